The average Bonchev–Trinajstić information content (AvgIpc) is 2.98. The van der Waals surface area contributed by atoms with Gasteiger partial charge < -0.3 is 4.74 Å². The van der Waals surface area contributed by atoms with Gasteiger partial charge in [-0.25, -0.2) is 9.97 Å². The lowest BCUT2D eigenvalue weighted by molar-refractivity contribution is 0.412. The minimum absolute atomic E-state index is 0.445. The summed E-state index contributed by atoms with van der Waals surface area (Å²) in [6.07, 6.45) is 0. The van der Waals surface area contributed by atoms with Gasteiger partial charge in [0.05, 0.1) is 29.0 Å². The van der Waals surface area contributed by atoms with Crippen molar-refractivity contribution in [2.75, 3.05) is 7.11 Å². The largest absolute Gasteiger partial charge is 0.496 e. The van der Waals surface area contributed by atoms with Gasteiger partial charge in [-0.2, -0.15) is 0 Å². The zero-order valence-corrected chi connectivity index (χ0v) is 15.9. The molecule has 0 N–H and O–H groups in total. The fourth-order valence-corrected chi connectivity index (χ4v) is 3.95. The Labute approximate surface area is 147 Å². The molecule has 1 aromatic carbocycles. The lowest BCUT2D eigenvalue weighted by Gasteiger charge is -2.10. The molecular formula is C17H17IN2OS. The van der Waals surface area contributed by atoms with Gasteiger partial charge in [-0.3, -0.25) is 0 Å². The Hall–Kier alpha value is -1.21. The van der Waals surface area contributed by atoms with Gasteiger partial charge in [-0.1, -0.05) is 13.8 Å². The lowest BCUT2D eigenvalue weighted by Crippen LogP contribution is -1.95. The monoisotopic (exact) mass is 424 g/mol. The predicted octanol–water partition coefficient (Wildman–Crippen LogP) is 5.40. The summed E-state index contributed by atoms with van der Waals surface area (Å²) >= 11 is 4.06. The third-order valence-corrected chi connectivity index (χ3v) is 5.67. The maximum Gasteiger partial charge on any atom is 0.123 e. The topological polar surface area (TPSA) is 35.0 Å². The number of fused-ring (bicyclic) bond motifs is 1. The van der Waals surface area contributed by atoms with Gasteiger partial charge in [-0.05, 0) is 47.7 Å². The van der Waals surface area contributed by atoms with E-state index in [-0.39, 0.29) is 0 Å². The number of hydrogen-bond donors (Lipinski definition) is 0. The first-order chi connectivity index (χ1) is 10.5. The van der Waals surface area contributed by atoms with E-state index in [1.807, 2.05) is 6.07 Å². The molecule has 0 amide bonds. The Bertz CT molecular complexity index is 842. The van der Waals surface area contributed by atoms with Crippen LogP contribution in [0.25, 0.3) is 22.3 Å². The number of ether oxygens (including phenoxy) is 1. The van der Waals surface area contributed by atoms with Gasteiger partial charge >= 0.3 is 0 Å². The molecule has 5 heteroatoms. The Morgan fingerprint density at radius 1 is 1.18 bits per heavy atom. The second kappa shape index (κ2) is 6.12. The summed E-state index contributed by atoms with van der Waals surface area (Å²) in [6, 6.07) is 6.18. The van der Waals surface area contributed by atoms with Gasteiger partial charge in [0.1, 0.15) is 5.75 Å². The summed E-state index contributed by atoms with van der Waals surface area (Å²) in [6.45, 7) is 6.37. The minimum atomic E-state index is 0.445. The van der Waals surface area contributed by atoms with Crippen molar-refractivity contribution < 1.29 is 4.74 Å². The zero-order chi connectivity index (χ0) is 15.9. The van der Waals surface area contributed by atoms with Crippen LogP contribution in [0.4, 0.5) is 0 Å². The van der Waals surface area contributed by atoms with Crippen molar-refractivity contribution in [1.29, 1.82) is 0 Å². The van der Waals surface area contributed by atoms with Gasteiger partial charge in [0.25, 0.3) is 0 Å². The van der Waals surface area contributed by atoms with Crippen LogP contribution < -0.4 is 4.74 Å². The van der Waals surface area contributed by atoms with Crippen molar-refractivity contribution in [3.8, 4) is 17.1 Å². The van der Waals surface area contributed by atoms with Crippen LogP contribution in [-0.2, 0) is 0 Å². The van der Waals surface area contributed by atoms with Crippen LogP contribution >= 0.6 is 33.9 Å². The zero-order valence-electron chi connectivity index (χ0n) is 13.0. The van der Waals surface area contributed by atoms with Crippen LogP contribution in [0.2, 0.25) is 0 Å². The molecular weight excluding hydrogens is 407 g/mol. The van der Waals surface area contributed by atoms with Crippen molar-refractivity contribution in [3.05, 3.63) is 37.7 Å². The number of aromatic nitrogens is 2. The number of pyridine rings is 1. The van der Waals surface area contributed by atoms with Gasteiger partial charge in [0, 0.05) is 25.8 Å². The van der Waals surface area contributed by atoms with E-state index < -0.39 is 0 Å². The van der Waals surface area contributed by atoms with Crippen molar-refractivity contribution >= 4 is 44.8 Å². The predicted molar refractivity (Wildman–Crippen MR) is 101 cm³/mol. The van der Waals surface area contributed by atoms with E-state index in [2.05, 4.69) is 60.9 Å². The number of benzene rings is 1. The fourth-order valence-electron chi connectivity index (χ4n) is 2.39. The first-order valence-corrected chi connectivity index (χ1v) is 9.06. The van der Waals surface area contributed by atoms with Crippen LogP contribution in [-0.4, -0.2) is 17.1 Å². The normalized spacial score (nSPS) is 11.4. The summed E-state index contributed by atoms with van der Waals surface area (Å²) in [5.74, 6) is 1.31. The molecule has 0 fully saturated rings. The Morgan fingerprint density at radius 3 is 2.59 bits per heavy atom. The van der Waals surface area contributed by atoms with Crippen LogP contribution in [0.15, 0.2) is 23.6 Å². The van der Waals surface area contributed by atoms with Crippen molar-refractivity contribution in [2.45, 2.75) is 26.7 Å². The number of thiazole rings is 1. The molecule has 3 aromatic rings. The maximum atomic E-state index is 5.42. The van der Waals surface area contributed by atoms with Crippen molar-refractivity contribution in [3.63, 3.8) is 0 Å². The van der Waals surface area contributed by atoms with Crippen molar-refractivity contribution in [1.82, 2.24) is 9.97 Å². The molecule has 3 nitrogen and oxygen atoms in total. The second-order valence-electron chi connectivity index (χ2n) is 5.50. The quantitative estimate of drug-likeness (QED) is 0.528. The van der Waals surface area contributed by atoms with E-state index >= 15 is 0 Å². The first-order valence-electron chi connectivity index (χ1n) is 7.11. The number of aryl methyl sites for hydroxylation is 1. The summed E-state index contributed by atoms with van der Waals surface area (Å²) in [5, 5.41) is 4.39. The molecule has 0 bridgehead atoms. The molecule has 22 heavy (non-hydrogen) atoms. The number of hydrogen-bond acceptors (Lipinski definition) is 4. The van der Waals surface area contributed by atoms with E-state index in [1.54, 1.807) is 18.4 Å². The molecule has 0 saturated carbocycles. The summed E-state index contributed by atoms with van der Waals surface area (Å²) in [7, 11) is 1.69. The number of methoxy groups -OCH3 is 1. The smallest absolute Gasteiger partial charge is 0.123 e. The first kappa shape index (κ1) is 15.7. The van der Waals surface area contributed by atoms with E-state index in [0.29, 0.717) is 5.92 Å². The number of rotatable bonds is 3. The molecule has 0 radical (unpaired) electrons. The minimum Gasteiger partial charge on any atom is -0.496 e. The van der Waals surface area contributed by atoms with Crippen LogP contribution in [0.3, 0.4) is 0 Å². The molecule has 0 aliphatic carbocycles. The summed E-state index contributed by atoms with van der Waals surface area (Å²) in [4.78, 5) is 9.57. The molecule has 0 saturated heterocycles. The third kappa shape index (κ3) is 2.72. The van der Waals surface area contributed by atoms with E-state index in [9.17, 15) is 0 Å². The van der Waals surface area contributed by atoms with Gasteiger partial charge in [-0.15, -0.1) is 11.3 Å². The van der Waals surface area contributed by atoms with Gasteiger partial charge in [0.2, 0.25) is 0 Å². The fraction of sp³-hybridized carbons (Fsp3) is 0.294. The summed E-state index contributed by atoms with van der Waals surface area (Å²) in [5.41, 5.74) is 3.94. The number of nitrogens with zero attached hydrogens (tertiary/aromatic N) is 2. The Kier molecular flexibility index (Phi) is 4.36. The van der Waals surface area contributed by atoms with Crippen molar-refractivity contribution in [2.24, 2.45) is 0 Å². The van der Waals surface area contributed by atoms with Gasteiger partial charge in [0.15, 0.2) is 0 Å². The van der Waals surface area contributed by atoms with E-state index in [0.717, 1.165) is 38.6 Å². The highest BCUT2D eigenvalue weighted by molar-refractivity contribution is 14.1. The Balaban J connectivity index is 2.20. The molecule has 0 aliphatic heterocycles. The molecule has 0 spiro atoms. The standard InChI is InChI=1S/C17H17IN2OS/c1-9(2)17-20-14(8-22-17)13-7-12(18)11-5-6-15(21-4)10(3)16(11)19-13/h5-9H,1-4H3. The molecule has 0 unspecified atom stereocenters. The SMILES string of the molecule is COc1ccc2c(I)cc(-c3csc(C(C)C)n3)nc2c1C. The third-order valence-electron chi connectivity index (χ3n) is 3.63. The summed E-state index contributed by atoms with van der Waals surface area (Å²) < 4.78 is 6.60. The highest BCUT2D eigenvalue weighted by Gasteiger charge is 2.13. The van der Waals surface area contributed by atoms with Crippen LogP contribution in [0, 0.1) is 10.5 Å². The molecule has 2 heterocycles. The van der Waals surface area contributed by atoms with Crippen LogP contribution in [0.5, 0.6) is 5.75 Å². The van der Waals surface area contributed by atoms with Crippen LogP contribution in [0.1, 0.15) is 30.3 Å². The Morgan fingerprint density at radius 2 is 1.95 bits per heavy atom. The highest BCUT2D eigenvalue weighted by atomic mass is 127. The van der Waals surface area contributed by atoms with E-state index in [4.69, 9.17) is 14.7 Å². The highest BCUT2D eigenvalue weighted by Crippen LogP contribution is 2.32. The second-order valence-corrected chi connectivity index (χ2v) is 7.56. The molecule has 3 rings (SSSR count). The molecule has 0 atom stereocenters. The lowest BCUT2D eigenvalue weighted by atomic mass is 10.1. The maximum absolute atomic E-state index is 5.42. The molecule has 0 aliphatic rings. The van der Waals surface area contributed by atoms with E-state index in [1.165, 1.54) is 3.57 Å². The average molecular weight is 424 g/mol. The number of halogens is 1. The molecule has 2 aromatic heterocycles. The molecule has 114 valence electrons.